The maximum Gasteiger partial charge on any atom is 0.335 e. The van der Waals surface area contributed by atoms with E-state index < -0.39 is 17.2 Å². The second-order valence-electron chi connectivity index (χ2n) is 4.66. The molecule has 0 heterocycles. The van der Waals surface area contributed by atoms with Gasteiger partial charge in [0.2, 0.25) is 0 Å². The number of carboxylic acid groups (broad SMARTS) is 1. The maximum absolute atomic E-state index is 11.7. The standard InChI is InChI=1S/C15H14ClNO4S/c1-10-13(16)6-3-7-14(10)17(22(20)21)9-11-4-2-5-12(8-11)15(18)19/h2-8H,9H2,1H3,(H,18,19)(H,20,21). The van der Waals surface area contributed by atoms with Crippen LogP contribution in [-0.2, 0) is 17.8 Å². The molecule has 5 nitrogen and oxygen atoms in total. The van der Waals surface area contributed by atoms with Crippen molar-refractivity contribution in [3.05, 3.63) is 64.2 Å². The molecule has 0 aliphatic carbocycles. The van der Waals surface area contributed by atoms with E-state index in [-0.39, 0.29) is 12.1 Å². The molecule has 2 rings (SSSR count). The Balaban J connectivity index is 2.38. The largest absolute Gasteiger partial charge is 0.478 e. The van der Waals surface area contributed by atoms with Crippen molar-refractivity contribution in [1.82, 2.24) is 0 Å². The van der Waals surface area contributed by atoms with E-state index in [1.807, 2.05) is 0 Å². The van der Waals surface area contributed by atoms with Crippen LogP contribution < -0.4 is 4.31 Å². The molecule has 0 aliphatic rings. The minimum absolute atomic E-state index is 0.0887. The Bertz CT molecular complexity index is 735. The lowest BCUT2D eigenvalue weighted by atomic mass is 10.1. The molecule has 0 spiro atoms. The first kappa shape index (κ1) is 16.5. The number of carbonyl (C=O) groups is 1. The maximum atomic E-state index is 11.7. The van der Waals surface area contributed by atoms with Gasteiger partial charge in [0.15, 0.2) is 0 Å². The topological polar surface area (TPSA) is 77.8 Å². The van der Waals surface area contributed by atoms with E-state index in [4.69, 9.17) is 16.7 Å². The summed E-state index contributed by atoms with van der Waals surface area (Å²) in [7, 11) is 0. The molecule has 0 aliphatic heterocycles. The summed E-state index contributed by atoms with van der Waals surface area (Å²) in [6.45, 7) is 1.84. The fraction of sp³-hybridized carbons (Fsp3) is 0.133. The van der Waals surface area contributed by atoms with E-state index >= 15 is 0 Å². The minimum atomic E-state index is -2.26. The Morgan fingerprint density at radius 2 is 1.95 bits per heavy atom. The smallest absolute Gasteiger partial charge is 0.335 e. The van der Waals surface area contributed by atoms with Gasteiger partial charge in [-0.05, 0) is 42.3 Å². The molecule has 2 aromatic rings. The van der Waals surface area contributed by atoms with Crippen molar-refractivity contribution < 1.29 is 18.7 Å². The zero-order valence-electron chi connectivity index (χ0n) is 11.7. The Kier molecular flexibility index (Phi) is 5.18. The van der Waals surface area contributed by atoms with Gasteiger partial charge >= 0.3 is 5.97 Å². The van der Waals surface area contributed by atoms with Crippen LogP contribution in [0.15, 0.2) is 42.5 Å². The number of benzene rings is 2. The van der Waals surface area contributed by atoms with Crippen LogP contribution in [-0.4, -0.2) is 19.8 Å². The van der Waals surface area contributed by atoms with Crippen molar-refractivity contribution in [3.63, 3.8) is 0 Å². The summed E-state index contributed by atoms with van der Waals surface area (Å²) in [6.07, 6.45) is 0. The second kappa shape index (κ2) is 6.91. The number of halogens is 1. The monoisotopic (exact) mass is 339 g/mol. The lowest BCUT2D eigenvalue weighted by molar-refractivity contribution is 0.0696. The van der Waals surface area contributed by atoms with Crippen molar-refractivity contribution in [3.8, 4) is 0 Å². The van der Waals surface area contributed by atoms with E-state index in [1.165, 1.54) is 16.4 Å². The van der Waals surface area contributed by atoms with Crippen LogP contribution in [0.1, 0.15) is 21.5 Å². The van der Waals surface area contributed by atoms with Gasteiger partial charge in [-0.1, -0.05) is 29.8 Å². The van der Waals surface area contributed by atoms with Crippen molar-refractivity contribution in [2.75, 3.05) is 4.31 Å². The third-order valence-electron chi connectivity index (χ3n) is 3.20. The van der Waals surface area contributed by atoms with Gasteiger partial charge in [0, 0.05) is 5.02 Å². The van der Waals surface area contributed by atoms with Gasteiger partial charge in [-0.25, -0.2) is 9.00 Å². The number of hydrogen-bond acceptors (Lipinski definition) is 2. The van der Waals surface area contributed by atoms with E-state index in [0.717, 1.165) is 0 Å². The zero-order chi connectivity index (χ0) is 16.3. The van der Waals surface area contributed by atoms with Crippen LogP contribution in [0, 0.1) is 6.92 Å². The molecule has 22 heavy (non-hydrogen) atoms. The molecular weight excluding hydrogens is 326 g/mol. The molecule has 0 aromatic heterocycles. The number of hydrogen-bond donors (Lipinski definition) is 2. The van der Waals surface area contributed by atoms with Gasteiger partial charge in [0.05, 0.1) is 17.8 Å². The average molecular weight is 340 g/mol. The number of nitrogens with zero attached hydrogens (tertiary/aromatic N) is 1. The third-order valence-corrected chi connectivity index (χ3v) is 4.31. The van der Waals surface area contributed by atoms with Gasteiger partial charge in [-0.2, -0.15) is 0 Å². The highest BCUT2D eigenvalue weighted by Crippen LogP contribution is 2.28. The van der Waals surface area contributed by atoms with Crippen molar-refractivity contribution in [2.45, 2.75) is 13.5 Å². The predicted octanol–water partition coefficient (Wildman–Crippen LogP) is 3.49. The Labute approximate surface area is 135 Å². The lowest BCUT2D eigenvalue weighted by Crippen LogP contribution is -2.25. The number of carboxylic acids is 1. The molecule has 2 N–H and O–H groups in total. The molecule has 0 fully saturated rings. The summed E-state index contributed by atoms with van der Waals surface area (Å²) in [4.78, 5) is 11.0. The molecule has 0 saturated carbocycles. The molecule has 2 aromatic carbocycles. The van der Waals surface area contributed by atoms with Crippen LogP contribution in [0.25, 0.3) is 0 Å². The Hall–Kier alpha value is -1.89. The van der Waals surface area contributed by atoms with Crippen LogP contribution in [0.5, 0.6) is 0 Å². The van der Waals surface area contributed by atoms with Crippen LogP contribution in [0.3, 0.4) is 0 Å². The fourth-order valence-corrected chi connectivity index (χ4v) is 2.85. The summed E-state index contributed by atoms with van der Waals surface area (Å²) in [5, 5.41) is 9.50. The molecule has 0 saturated heterocycles. The highest BCUT2D eigenvalue weighted by Gasteiger charge is 2.17. The number of rotatable bonds is 5. The summed E-state index contributed by atoms with van der Waals surface area (Å²) in [5.74, 6) is -1.04. The van der Waals surface area contributed by atoms with Gasteiger partial charge in [0.25, 0.3) is 11.3 Å². The van der Waals surface area contributed by atoms with Crippen LogP contribution in [0.4, 0.5) is 5.69 Å². The van der Waals surface area contributed by atoms with Crippen LogP contribution >= 0.6 is 11.6 Å². The molecule has 1 unspecified atom stereocenters. The molecule has 0 bridgehead atoms. The summed E-state index contributed by atoms with van der Waals surface area (Å²) in [6, 6.07) is 11.3. The van der Waals surface area contributed by atoms with E-state index in [1.54, 1.807) is 37.3 Å². The van der Waals surface area contributed by atoms with Gasteiger partial charge in [-0.15, -0.1) is 0 Å². The first-order valence-electron chi connectivity index (χ1n) is 6.36. The van der Waals surface area contributed by atoms with Crippen LogP contribution in [0.2, 0.25) is 5.02 Å². The molecule has 1 atom stereocenters. The molecule has 7 heteroatoms. The third kappa shape index (κ3) is 3.65. The van der Waals surface area contributed by atoms with Crippen molar-refractivity contribution in [2.24, 2.45) is 0 Å². The molecule has 0 radical (unpaired) electrons. The SMILES string of the molecule is Cc1c(Cl)cccc1N(Cc1cccc(C(=O)O)c1)S(=O)O. The van der Waals surface area contributed by atoms with E-state index in [0.29, 0.717) is 21.8 Å². The predicted molar refractivity (Wildman–Crippen MR) is 86.5 cm³/mol. The molecule has 116 valence electrons. The average Bonchev–Trinajstić information content (AvgIpc) is 2.48. The van der Waals surface area contributed by atoms with E-state index in [2.05, 4.69) is 0 Å². The Morgan fingerprint density at radius 1 is 1.27 bits per heavy atom. The highest BCUT2D eigenvalue weighted by atomic mass is 35.5. The normalized spacial score (nSPS) is 12.0. The van der Waals surface area contributed by atoms with Crippen molar-refractivity contribution >= 4 is 34.5 Å². The second-order valence-corrected chi connectivity index (χ2v) is 5.97. The quantitative estimate of drug-likeness (QED) is 0.817. The summed E-state index contributed by atoms with van der Waals surface area (Å²) in [5.41, 5.74) is 1.95. The highest BCUT2D eigenvalue weighted by molar-refractivity contribution is 7.80. The fourth-order valence-electron chi connectivity index (χ4n) is 2.06. The number of anilines is 1. The lowest BCUT2D eigenvalue weighted by Gasteiger charge is -2.22. The minimum Gasteiger partial charge on any atom is -0.478 e. The molecular formula is C15H14ClNO4S. The zero-order valence-corrected chi connectivity index (χ0v) is 13.3. The van der Waals surface area contributed by atoms with E-state index in [9.17, 15) is 13.6 Å². The van der Waals surface area contributed by atoms with Crippen molar-refractivity contribution in [1.29, 1.82) is 0 Å². The Morgan fingerprint density at radius 3 is 2.59 bits per heavy atom. The summed E-state index contributed by atoms with van der Waals surface area (Å²) < 4.78 is 22.5. The van der Waals surface area contributed by atoms with Gasteiger partial charge in [0.1, 0.15) is 0 Å². The van der Waals surface area contributed by atoms with Gasteiger partial charge in [-0.3, -0.25) is 8.86 Å². The first-order chi connectivity index (χ1) is 10.4. The summed E-state index contributed by atoms with van der Waals surface area (Å²) >= 11 is 3.78. The number of aromatic carboxylic acids is 1. The van der Waals surface area contributed by atoms with Gasteiger partial charge < -0.3 is 5.11 Å². The first-order valence-corrected chi connectivity index (χ1v) is 7.80. The molecule has 0 amide bonds.